The fraction of sp³-hybridized carbons (Fsp3) is 0.318. The van der Waals surface area contributed by atoms with Crippen molar-refractivity contribution < 1.29 is 19.5 Å². The van der Waals surface area contributed by atoms with Gasteiger partial charge in [0.15, 0.2) is 0 Å². The van der Waals surface area contributed by atoms with Crippen molar-refractivity contribution in [3.05, 3.63) is 64.7 Å². The van der Waals surface area contributed by atoms with Gasteiger partial charge in [0.2, 0.25) is 0 Å². The van der Waals surface area contributed by atoms with Crippen molar-refractivity contribution in [2.24, 2.45) is 0 Å². The van der Waals surface area contributed by atoms with Crippen molar-refractivity contribution >= 4 is 23.3 Å². The van der Waals surface area contributed by atoms with E-state index in [0.29, 0.717) is 18.4 Å². The SMILES string of the molecule is CCC(=O)Cc1ccc(CC(NC(=O)c2cccc3c2NCC3)C(=O)O)cc1. The second-order valence-electron chi connectivity index (χ2n) is 6.97. The third-order valence-corrected chi connectivity index (χ3v) is 4.95. The maximum Gasteiger partial charge on any atom is 0.326 e. The number of benzene rings is 2. The second-order valence-corrected chi connectivity index (χ2v) is 6.97. The largest absolute Gasteiger partial charge is 0.480 e. The number of hydrogen-bond acceptors (Lipinski definition) is 4. The van der Waals surface area contributed by atoms with E-state index in [1.165, 1.54) is 0 Å². The molecule has 28 heavy (non-hydrogen) atoms. The van der Waals surface area contributed by atoms with Crippen LogP contribution in [0, 0.1) is 0 Å². The van der Waals surface area contributed by atoms with Gasteiger partial charge >= 0.3 is 5.97 Å². The second kappa shape index (κ2) is 8.69. The van der Waals surface area contributed by atoms with E-state index in [-0.39, 0.29) is 12.2 Å². The van der Waals surface area contributed by atoms with Crippen molar-refractivity contribution in [1.29, 1.82) is 0 Å². The molecule has 1 atom stereocenters. The van der Waals surface area contributed by atoms with Crippen LogP contribution in [0.4, 0.5) is 5.69 Å². The lowest BCUT2D eigenvalue weighted by Crippen LogP contribution is -2.42. The van der Waals surface area contributed by atoms with Crippen molar-refractivity contribution in [2.75, 3.05) is 11.9 Å². The molecule has 0 saturated carbocycles. The Hall–Kier alpha value is -3.15. The number of rotatable bonds is 8. The van der Waals surface area contributed by atoms with Gasteiger partial charge in [0.05, 0.1) is 11.3 Å². The minimum atomic E-state index is -1.08. The van der Waals surface area contributed by atoms with Gasteiger partial charge in [-0.3, -0.25) is 9.59 Å². The van der Waals surface area contributed by atoms with Gasteiger partial charge in [-0.05, 0) is 29.2 Å². The van der Waals surface area contributed by atoms with Gasteiger partial charge < -0.3 is 15.7 Å². The van der Waals surface area contributed by atoms with Gasteiger partial charge in [-0.25, -0.2) is 4.79 Å². The maximum absolute atomic E-state index is 12.7. The van der Waals surface area contributed by atoms with Crippen LogP contribution < -0.4 is 10.6 Å². The van der Waals surface area contributed by atoms with Gasteiger partial charge in [-0.1, -0.05) is 43.3 Å². The molecular formula is C22H24N2O4. The number of nitrogens with one attached hydrogen (secondary N) is 2. The molecule has 3 N–H and O–H groups in total. The van der Waals surface area contributed by atoms with Gasteiger partial charge in [0.25, 0.3) is 5.91 Å². The van der Waals surface area contributed by atoms with E-state index in [2.05, 4.69) is 10.6 Å². The molecular weight excluding hydrogens is 356 g/mol. The Morgan fingerprint density at radius 3 is 2.50 bits per heavy atom. The first-order valence-electron chi connectivity index (χ1n) is 9.47. The summed E-state index contributed by atoms with van der Waals surface area (Å²) in [6.45, 7) is 2.60. The van der Waals surface area contributed by atoms with Gasteiger partial charge in [-0.15, -0.1) is 0 Å². The zero-order valence-corrected chi connectivity index (χ0v) is 15.8. The fourth-order valence-electron chi connectivity index (χ4n) is 3.35. The summed E-state index contributed by atoms with van der Waals surface area (Å²) in [5.41, 5.74) is 4.01. The normalized spacial score (nSPS) is 13.3. The summed E-state index contributed by atoms with van der Waals surface area (Å²) >= 11 is 0. The van der Waals surface area contributed by atoms with E-state index in [4.69, 9.17) is 0 Å². The molecule has 0 bridgehead atoms. The molecule has 0 spiro atoms. The molecule has 1 unspecified atom stereocenters. The van der Waals surface area contributed by atoms with Crippen LogP contribution in [0.1, 0.15) is 40.4 Å². The van der Waals surface area contributed by atoms with Crippen molar-refractivity contribution in [3.8, 4) is 0 Å². The number of carboxylic acids is 1. The summed E-state index contributed by atoms with van der Waals surface area (Å²) in [5, 5.41) is 15.4. The predicted molar refractivity (Wildman–Crippen MR) is 107 cm³/mol. The van der Waals surface area contributed by atoms with Crippen LogP contribution >= 0.6 is 0 Å². The minimum absolute atomic E-state index is 0.160. The number of carbonyl (C=O) groups excluding carboxylic acids is 2. The summed E-state index contributed by atoms with van der Waals surface area (Å²) in [6, 6.07) is 11.7. The number of anilines is 1. The highest BCUT2D eigenvalue weighted by Gasteiger charge is 2.24. The molecule has 1 aliphatic heterocycles. The zero-order chi connectivity index (χ0) is 20.1. The first-order valence-corrected chi connectivity index (χ1v) is 9.47. The van der Waals surface area contributed by atoms with E-state index < -0.39 is 17.9 Å². The Bertz CT molecular complexity index is 890. The number of Topliss-reactive ketones (excluding diaryl/α,β-unsaturated/α-hetero) is 1. The molecule has 0 aliphatic carbocycles. The third kappa shape index (κ3) is 4.57. The van der Waals surface area contributed by atoms with Crippen LogP contribution in [0.3, 0.4) is 0 Å². The molecule has 1 heterocycles. The average Bonchev–Trinajstić information content (AvgIpc) is 3.17. The molecule has 2 aromatic carbocycles. The molecule has 6 nitrogen and oxygen atoms in total. The quantitative estimate of drug-likeness (QED) is 0.654. The molecule has 146 valence electrons. The highest BCUT2D eigenvalue weighted by atomic mass is 16.4. The van der Waals surface area contributed by atoms with Gasteiger partial charge in [-0.2, -0.15) is 0 Å². The number of carboxylic acid groups (broad SMARTS) is 1. The Balaban J connectivity index is 1.69. The number of hydrogen-bond donors (Lipinski definition) is 3. The molecule has 3 rings (SSSR count). The van der Waals surface area contributed by atoms with Crippen LogP contribution in [0.5, 0.6) is 0 Å². The lowest BCUT2D eigenvalue weighted by molar-refractivity contribution is -0.139. The topological polar surface area (TPSA) is 95.5 Å². The molecule has 0 aromatic heterocycles. The fourth-order valence-corrected chi connectivity index (χ4v) is 3.35. The third-order valence-electron chi connectivity index (χ3n) is 4.95. The molecule has 6 heteroatoms. The van der Waals surface area contributed by atoms with Crippen LogP contribution in [0.25, 0.3) is 0 Å². The Labute approximate surface area is 164 Å². The molecule has 1 aliphatic rings. The van der Waals surface area contributed by atoms with E-state index in [1.807, 2.05) is 43.3 Å². The highest BCUT2D eigenvalue weighted by molar-refractivity contribution is 6.02. The first-order chi connectivity index (χ1) is 13.5. The van der Waals surface area contributed by atoms with Crippen molar-refractivity contribution in [1.82, 2.24) is 5.32 Å². The van der Waals surface area contributed by atoms with Gasteiger partial charge in [0.1, 0.15) is 11.8 Å². The predicted octanol–water partition coefficient (Wildman–Crippen LogP) is 2.60. The lowest BCUT2D eigenvalue weighted by atomic mass is 10.0. The smallest absolute Gasteiger partial charge is 0.326 e. The standard InChI is InChI=1S/C22H24N2O4/c1-2-17(25)12-14-6-8-15(9-7-14)13-19(22(27)28)24-21(26)18-5-3-4-16-10-11-23-20(16)18/h3-9,19,23H,2,10-13H2,1H3,(H,24,26)(H,27,28). The van der Waals surface area contributed by atoms with Crippen LogP contribution in [-0.4, -0.2) is 35.4 Å². The monoisotopic (exact) mass is 380 g/mol. The number of amides is 1. The Morgan fingerprint density at radius 2 is 1.82 bits per heavy atom. The zero-order valence-electron chi connectivity index (χ0n) is 15.8. The summed E-state index contributed by atoms with van der Waals surface area (Å²) in [7, 11) is 0. The van der Waals surface area contributed by atoms with E-state index in [0.717, 1.165) is 35.3 Å². The average molecular weight is 380 g/mol. The van der Waals surface area contributed by atoms with Gasteiger partial charge in [0, 0.05) is 25.8 Å². The molecule has 0 fully saturated rings. The van der Waals surface area contributed by atoms with Crippen molar-refractivity contribution in [2.45, 2.75) is 38.6 Å². The van der Waals surface area contributed by atoms with E-state index >= 15 is 0 Å². The van der Waals surface area contributed by atoms with Crippen molar-refractivity contribution in [3.63, 3.8) is 0 Å². The van der Waals surface area contributed by atoms with E-state index in [9.17, 15) is 19.5 Å². The number of carbonyl (C=O) groups is 3. The summed E-state index contributed by atoms with van der Waals surface area (Å²) < 4.78 is 0. The number of para-hydroxylation sites is 1. The lowest BCUT2D eigenvalue weighted by Gasteiger charge is -2.16. The number of ketones is 1. The number of fused-ring (bicyclic) bond motifs is 1. The highest BCUT2D eigenvalue weighted by Crippen LogP contribution is 2.26. The molecule has 2 aromatic rings. The summed E-state index contributed by atoms with van der Waals surface area (Å²) in [5.74, 6) is -1.32. The Morgan fingerprint density at radius 1 is 1.11 bits per heavy atom. The summed E-state index contributed by atoms with van der Waals surface area (Å²) in [6.07, 6.45) is 1.89. The summed E-state index contributed by atoms with van der Waals surface area (Å²) in [4.78, 5) is 35.9. The first kappa shape index (κ1) is 19.6. The maximum atomic E-state index is 12.7. The Kier molecular flexibility index (Phi) is 6.09. The minimum Gasteiger partial charge on any atom is -0.480 e. The van der Waals surface area contributed by atoms with Crippen LogP contribution in [-0.2, 0) is 28.9 Å². The number of aliphatic carboxylic acids is 1. The van der Waals surface area contributed by atoms with Crippen LogP contribution in [0.15, 0.2) is 42.5 Å². The van der Waals surface area contributed by atoms with E-state index in [1.54, 1.807) is 6.07 Å². The van der Waals surface area contributed by atoms with Crippen LogP contribution in [0.2, 0.25) is 0 Å². The molecule has 1 amide bonds. The molecule has 0 radical (unpaired) electrons. The molecule has 0 saturated heterocycles.